The maximum atomic E-state index is 5.03. The molecule has 2 saturated heterocycles. The molecule has 0 aliphatic carbocycles. The molecule has 37 heavy (non-hydrogen) atoms. The van der Waals surface area contributed by atoms with E-state index in [0.717, 1.165) is 89.7 Å². The molecular formula is C28H31N9. The molecule has 6 heterocycles. The monoisotopic (exact) mass is 493 g/mol. The summed E-state index contributed by atoms with van der Waals surface area (Å²) in [5, 5.41) is 3.52. The molecular weight excluding hydrogens is 462 g/mol. The second-order valence-electron chi connectivity index (χ2n) is 10.2. The number of nitrogens with zero attached hydrogens (tertiary/aromatic N) is 7. The van der Waals surface area contributed by atoms with Crippen LogP contribution in [0.4, 0.5) is 5.82 Å². The number of imidazole rings is 1. The summed E-state index contributed by atoms with van der Waals surface area (Å²) in [6.45, 7) is 6.21. The SMILES string of the molecule is CN1CCN(c2ccc(-c3cnc4[nH]cc(-c5ccc6ncn(C7CCCNC7)c6c5)c4n3)cn2)CC1. The van der Waals surface area contributed by atoms with Crippen LogP contribution in [0.15, 0.2) is 55.2 Å². The summed E-state index contributed by atoms with van der Waals surface area (Å²) in [7, 11) is 2.17. The Hall–Kier alpha value is -3.82. The van der Waals surface area contributed by atoms with Crippen molar-refractivity contribution >= 4 is 28.0 Å². The van der Waals surface area contributed by atoms with Gasteiger partial charge in [-0.05, 0) is 56.3 Å². The molecule has 2 aliphatic heterocycles. The van der Waals surface area contributed by atoms with Crippen molar-refractivity contribution in [1.82, 2.24) is 39.7 Å². The second kappa shape index (κ2) is 9.24. The molecule has 1 aromatic carbocycles. The van der Waals surface area contributed by atoms with Crippen molar-refractivity contribution in [3.05, 3.63) is 55.2 Å². The van der Waals surface area contributed by atoms with E-state index < -0.39 is 0 Å². The lowest BCUT2D eigenvalue weighted by molar-refractivity contribution is 0.312. The summed E-state index contributed by atoms with van der Waals surface area (Å²) in [5.41, 5.74) is 7.78. The molecule has 0 saturated carbocycles. The number of H-pyrrole nitrogens is 1. The number of rotatable bonds is 4. The normalized spacial score (nSPS) is 19.2. The molecule has 1 atom stereocenters. The Labute approximate surface area is 215 Å². The van der Waals surface area contributed by atoms with Crippen LogP contribution in [-0.4, -0.2) is 80.7 Å². The Bertz CT molecular complexity index is 1540. The zero-order valence-corrected chi connectivity index (χ0v) is 21.1. The first-order valence-corrected chi connectivity index (χ1v) is 13.1. The molecule has 0 spiro atoms. The van der Waals surface area contributed by atoms with Crippen molar-refractivity contribution in [3.63, 3.8) is 0 Å². The number of aromatic nitrogens is 6. The zero-order valence-electron chi connectivity index (χ0n) is 21.1. The van der Waals surface area contributed by atoms with Crippen molar-refractivity contribution < 1.29 is 0 Å². The standard InChI is InChI=1S/C28H31N9/c1-35-9-11-36(12-10-35)26-7-5-20(14-30-26)24-17-32-28-27(34-24)22(16-31-28)19-4-6-23-25(13-19)37(18-33-23)21-3-2-8-29-15-21/h4-7,13-14,16-18,21,29H,2-3,8-12,15H2,1H3,(H,31,32). The third-order valence-electron chi connectivity index (χ3n) is 7.80. The van der Waals surface area contributed by atoms with Gasteiger partial charge in [-0.15, -0.1) is 0 Å². The Kier molecular flexibility index (Phi) is 5.59. The Morgan fingerprint density at radius 3 is 2.65 bits per heavy atom. The van der Waals surface area contributed by atoms with E-state index in [2.05, 4.69) is 72.0 Å². The molecule has 0 radical (unpaired) electrons. The van der Waals surface area contributed by atoms with Crippen LogP contribution in [0.3, 0.4) is 0 Å². The molecule has 5 aromatic rings. The van der Waals surface area contributed by atoms with Crippen molar-refractivity contribution in [2.24, 2.45) is 0 Å². The van der Waals surface area contributed by atoms with E-state index in [1.54, 1.807) is 0 Å². The van der Waals surface area contributed by atoms with Gasteiger partial charge in [-0.1, -0.05) is 6.07 Å². The fourth-order valence-electron chi connectivity index (χ4n) is 5.57. The smallest absolute Gasteiger partial charge is 0.156 e. The average Bonchev–Trinajstić information content (AvgIpc) is 3.58. The van der Waals surface area contributed by atoms with E-state index in [1.807, 2.05) is 24.9 Å². The van der Waals surface area contributed by atoms with E-state index in [4.69, 9.17) is 9.97 Å². The lowest BCUT2D eigenvalue weighted by Crippen LogP contribution is -2.44. The third kappa shape index (κ3) is 4.14. The van der Waals surface area contributed by atoms with Gasteiger partial charge in [0.05, 0.1) is 29.3 Å². The average molecular weight is 494 g/mol. The highest BCUT2D eigenvalue weighted by Gasteiger charge is 2.19. The van der Waals surface area contributed by atoms with Crippen LogP contribution in [0, 0.1) is 0 Å². The van der Waals surface area contributed by atoms with Gasteiger partial charge in [-0.3, -0.25) is 0 Å². The van der Waals surface area contributed by atoms with Crippen LogP contribution < -0.4 is 10.2 Å². The van der Waals surface area contributed by atoms with Gasteiger partial charge in [0.1, 0.15) is 11.3 Å². The number of hydrogen-bond acceptors (Lipinski definition) is 7. The van der Waals surface area contributed by atoms with Gasteiger partial charge in [0.15, 0.2) is 5.65 Å². The van der Waals surface area contributed by atoms with Gasteiger partial charge in [-0.25, -0.2) is 19.9 Å². The van der Waals surface area contributed by atoms with E-state index >= 15 is 0 Å². The second-order valence-corrected chi connectivity index (χ2v) is 10.2. The number of aromatic amines is 1. The maximum Gasteiger partial charge on any atom is 0.156 e. The van der Waals surface area contributed by atoms with Gasteiger partial charge < -0.3 is 24.7 Å². The number of piperazine rings is 1. The first kappa shape index (κ1) is 22.4. The third-order valence-corrected chi connectivity index (χ3v) is 7.80. The summed E-state index contributed by atoms with van der Waals surface area (Å²) in [6.07, 6.45) is 10.1. The van der Waals surface area contributed by atoms with Crippen LogP contribution >= 0.6 is 0 Å². The number of piperidine rings is 1. The summed E-state index contributed by atoms with van der Waals surface area (Å²) in [5.74, 6) is 1.02. The van der Waals surface area contributed by atoms with E-state index in [0.29, 0.717) is 6.04 Å². The minimum absolute atomic E-state index is 0.435. The summed E-state index contributed by atoms with van der Waals surface area (Å²) < 4.78 is 2.32. The highest BCUT2D eigenvalue weighted by molar-refractivity contribution is 5.94. The number of benzene rings is 1. The first-order chi connectivity index (χ1) is 18.2. The highest BCUT2D eigenvalue weighted by atomic mass is 15.3. The van der Waals surface area contributed by atoms with E-state index in [9.17, 15) is 0 Å². The van der Waals surface area contributed by atoms with E-state index in [-0.39, 0.29) is 0 Å². The number of nitrogens with one attached hydrogen (secondary N) is 2. The van der Waals surface area contributed by atoms with Crippen LogP contribution in [0.1, 0.15) is 18.9 Å². The number of anilines is 1. The molecule has 2 N–H and O–H groups in total. The highest BCUT2D eigenvalue weighted by Crippen LogP contribution is 2.32. The molecule has 1 unspecified atom stereocenters. The van der Waals surface area contributed by atoms with E-state index in [1.165, 1.54) is 12.8 Å². The summed E-state index contributed by atoms with van der Waals surface area (Å²) in [4.78, 5) is 27.1. The van der Waals surface area contributed by atoms with Crippen molar-refractivity contribution in [2.75, 3.05) is 51.2 Å². The van der Waals surface area contributed by atoms with Crippen LogP contribution in [0.25, 0.3) is 44.6 Å². The molecule has 9 nitrogen and oxygen atoms in total. The van der Waals surface area contributed by atoms with Crippen molar-refractivity contribution in [2.45, 2.75) is 18.9 Å². The minimum atomic E-state index is 0.435. The molecule has 188 valence electrons. The zero-order chi connectivity index (χ0) is 24.8. The lowest BCUT2D eigenvalue weighted by Gasteiger charge is -2.33. The molecule has 4 aromatic heterocycles. The van der Waals surface area contributed by atoms with Crippen LogP contribution in [0.2, 0.25) is 0 Å². The largest absolute Gasteiger partial charge is 0.354 e. The fraction of sp³-hybridized carbons (Fsp3) is 0.357. The molecule has 9 heteroatoms. The molecule has 7 rings (SSSR count). The van der Waals surface area contributed by atoms with Gasteiger partial charge in [0, 0.05) is 62.3 Å². The lowest BCUT2D eigenvalue weighted by atomic mass is 10.1. The minimum Gasteiger partial charge on any atom is -0.354 e. The van der Waals surface area contributed by atoms with Crippen LogP contribution in [-0.2, 0) is 0 Å². The number of hydrogen-bond donors (Lipinski definition) is 2. The first-order valence-electron chi connectivity index (χ1n) is 13.1. The Morgan fingerprint density at radius 1 is 0.946 bits per heavy atom. The molecule has 2 aliphatic rings. The van der Waals surface area contributed by atoms with Gasteiger partial charge in [0.2, 0.25) is 0 Å². The van der Waals surface area contributed by atoms with Crippen molar-refractivity contribution in [3.8, 4) is 22.4 Å². The van der Waals surface area contributed by atoms with Gasteiger partial charge in [-0.2, -0.15) is 0 Å². The predicted octanol–water partition coefficient (Wildman–Crippen LogP) is 3.71. The Morgan fingerprint density at radius 2 is 1.84 bits per heavy atom. The van der Waals surface area contributed by atoms with Gasteiger partial charge in [0.25, 0.3) is 0 Å². The van der Waals surface area contributed by atoms with Crippen molar-refractivity contribution in [1.29, 1.82) is 0 Å². The number of fused-ring (bicyclic) bond motifs is 2. The fourth-order valence-corrected chi connectivity index (χ4v) is 5.57. The Balaban J connectivity index is 1.21. The summed E-state index contributed by atoms with van der Waals surface area (Å²) >= 11 is 0. The topological polar surface area (TPSA) is 90.8 Å². The molecule has 2 fully saturated rings. The van der Waals surface area contributed by atoms with Crippen LogP contribution in [0.5, 0.6) is 0 Å². The van der Waals surface area contributed by atoms with Gasteiger partial charge >= 0.3 is 0 Å². The number of pyridine rings is 1. The predicted molar refractivity (Wildman–Crippen MR) is 147 cm³/mol. The quantitative estimate of drug-likeness (QED) is 0.394. The number of likely N-dealkylation sites (N-methyl/N-ethyl adjacent to an activating group) is 1. The molecule has 0 bridgehead atoms. The maximum absolute atomic E-state index is 5.03. The summed E-state index contributed by atoms with van der Waals surface area (Å²) in [6, 6.07) is 11.1. The molecule has 0 amide bonds.